The molecule has 0 amide bonds. The fraction of sp³-hybridized carbons (Fsp3) is 0.0588. The van der Waals surface area contributed by atoms with E-state index in [1.165, 1.54) is 12.1 Å². The van der Waals surface area contributed by atoms with E-state index in [9.17, 15) is 13.2 Å². The van der Waals surface area contributed by atoms with Crippen molar-refractivity contribution in [2.45, 2.75) is 6.92 Å². The molecule has 0 aliphatic heterocycles. The molecule has 0 fully saturated rings. The third-order valence-electron chi connectivity index (χ3n) is 2.92. The molecule has 5 heteroatoms. The Morgan fingerprint density at radius 2 is 1.55 bits per heavy atom. The van der Waals surface area contributed by atoms with Gasteiger partial charge in [-0.25, -0.2) is 0 Å². The first-order valence-corrected chi connectivity index (χ1v) is 6.76. The molecule has 114 valence electrons. The van der Waals surface area contributed by atoms with E-state index in [4.69, 9.17) is 11.6 Å². The lowest BCUT2D eigenvalue weighted by molar-refractivity contribution is 0.241. The van der Waals surface area contributed by atoms with Crippen LogP contribution in [0.1, 0.15) is 18.1 Å². The lowest BCUT2D eigenvalue weighted by Gasteiger charge is -2.04. The van der Waals surface area contributed by atoms with E-state index in [2.05, 4.69) is 4.74 Å². The second kappa shape index (κ2) is 7.18. The number of hydrogen-bond acceptors (Lipinski definition) is 1. The smallest absolute Gasteiger partial charge is 0.344 e. The van der Waals surface area contributed by atoms with E-state index < -0.39 is 12.1 Å². The molecular weight excluding hydrogens is 313 g/mol. The molecule has 0 unspecified atom stereocenters. The van der Waals surface area contributed by atoms with Gasteiger partial charge in [0, 0.05) is 5.02 Å². The highest BCUT2D eigenvalue weighted by molar-refractivity contribution is 6.30. The van der Waals surface area contributed by atoms with Crippen LogP contribution in [-0.2, 0) is 0 Å². The Bertz CT molecular complexity index is 700. The van der Waals surface area contributed by atoms with Crippen LogP contribution >= 0.6 is 11.6 Å². The van der Waals surface area contributed by atoms with Gasteiger partial charge in [-0.2, -0.15) is 13.2 Å². The molecular formula is C17H12ClF3O. The lowest BCUT2D eigenvalue weighted by atomic mass is 10.0. The topological polar surface area (TPSA) is 9.23 Å². The van der Waals surface area contributed by atoms with Crippen molar-refractivity contribution in [2.24, 2.45) is 0 Å². The second-order valence-corrected chi connectivity index (χ2v) is 4.98. The Morgan fingerprint density at radius 3 is 2.09 bits per heavy atom. The molecule has 0 atom stereocenters. The zero-order chi connectivity index (χ0) is 16.1. The van der Waals surface area contributed by atoms with E-state index in [0.29, 0.717) is 5.02 Å². The van der Waals surface area contributed by atoms with Gasteiger partial charge in [-0.05, 0) is 47.9 Å². The van der Waals surface area contributed by atoms with Crippen molar-refractivity contribution in [2.75, 3.05) is 0 Å². The molecule has 0 aliphatic rings. The van der Waals surface area contributed by atoms with Crippen LogP contribution in [0.5, 0.6) is 5.75 Å². The van der Waals surface area contributed by atoms with Gasteiger partial charge in [0.25, 0.3) is 0 Å². The number of benzene rings is 2. The maximum absolute atomic E-state index is 12.7. The van der Waals surface area contributed by atoms with E-state index in [0.717, 1.165) is 16.7 Å². The summed E-state index contributed by atoms with van der Waals surface area (Å²) in [6.45, 7) is 1.94. The quantitative estimate of drug-likeness (QED) is 0.472. The maximum Gasteiger partial charge on any atom is 0.344 e. The van der Waals surface area contributed by atoms with Crippen LogP contribution in [0.15, 0.2) is 60.6 Å². The number of allylic oxidation sites excluding steroid dienone is 1. The Morgan fingerprint density at radius 1 is 0.955 bits per heavy atom. The summed E-state index contributed by atoms with van der Waals surface area (Å²) >= 11 is 5.84. The van der Waals surface area contributed by atoms with Crippen molar-refractivity contribution in [3.63, 3.8) is 0 Å². The molecule has 0 N–H and O–H groups in total. The number of hydrogen-bond donors (Lipinski definition) is 0. The molecule has 0 saturated heterocycles. The molecule has 0 bridgehead atoms. The highest BCUT2D eigenvalue weighted by Crippen LogP contribution is 2.22. The summed E-state index contributed by atoms with van der Waals surface area (Å²) < 4.78 is 40.9. The van der Waals surface area contributed by atoms with E-state index in [-0.39, 0.29) is 5.75 Å². The number of rotatable bonds is 4. The minimum Gasteiger partial charge on any atom is -0.428 e. The van der Waals surface area contributed by atoms with Gasteiger partial charge in [0.1, 0.15) is 5.75 Å². The Balaban J connectivity index is 2.15. The molecule has 0 aromatic heterocycles. The largest absolute Gasteiger partial charge is 0.428 e. The molecule has 22 heavy (non-hydrogen) atoms. The summed E-state index contributed by atoms with van der Waals surface area (Å²) in [6.07, 6.45) is -0.572. The minimum atomic E-state index is -2.48. The van der Waals surface area contributed by atoms with Gasteiger partial charge in [-0.15, -0.1) is 0 Å². The van der Waals surface area contributed by atoms with Crippen LogP contribution in [0, 0.1) is 0 Å². The van der Waals surface area contributed by atoms with Crippen LogP contribution < -0.4 is 4.74 Å². The van der Waals surface area contributed by atoms with Crippen molar-refractivity contribution in [1.82, 2.24) is 0 Å². The van der Waals surface area contributed by atoms with Crippen molar-refractivity contribution in [3.8, 4) is 5.75 Å². The average Bonchev–Trinajstić information content (AvgIpc) is 2.49. The third kappa shape index (κ3) is 4.40. The van der Waals surface area contributed by atoms with E-state index in [1.54, 1.807) is 24.3 Å². The van der Waals surface area contributed by atoms with Gasteiger partial charge in [0.05, 0.1) is 0 Å². The van der Waals surface area contributed by atoms with Crippen molar-refractivity contribution < 1.29 is 17.9 Å². The fourth-order valence-corrected chi connectivity index (χ4v) is 1.95. The minimum absolute atomic E-state index is 0.00611. The van der Waals surface area contributed by atoms with Gasteiger partial charge < -0.3 is 4.74 Å². The third-order valence-corrected chi connectivity index (χ3v) is 3.17. The van der Waals surface area contributed by atoms with Gasteiger partial charge in [-0.3, -0.25) is 0 Å². The normalized spacial score (nSPS) is 11.2. The number of ether oxygens (including phenoxy) is 1. The van der Waals surface area contributed by atoms with Crippen LogP contribution in [0.2, 0.25) is 5.02 Å². The molecule has 0 aliphatic carbocycles. The predicted octanol–water partition coefficient (Wildman–Crippen LogP) is 6.31. The van der Waals surface area contributed by atoms with E-state index in [1.807, 2.05) is 25.1 Å². The number of halogens is 4. The highest BCUT2D eigenvalue weighted by Gasteiger charge is 2.07. The predicted molar refractivity (Wildman–Crippen MR) is 82.4 cm³/mol. The summed E-state index contributed by atoms with van der Waals surface area (Å²) in [5, 5.41) is 0.660. The van der Waals surface area contributed by atoms with Gasteiger partial charge in [0.2, 0.25) is 0 Å². The van der Waals surface area contributed by atoms with Crippen LogP contribution in [-0.4, -0.2) is 0 Å². The van der Waals surface area contributed by atoms with Crippen LogP contribution in [0.3, 0.4) is 0 Å². The molecule has 1 nitrogen and oxygen atoms in total. The molecule has 0 radical (unpaired) electrons. The summed E-state index contributed by atoms with van der Waals surface area (Å²) in [4.78, 5) is 0. The molecule has 0 spiro atoms. The van der Waals surface area contributed by atoms with Gasteiger partial charge in [-0.1, -0.05) is 41.9 Å². The molecule has 2 aromatic carbocycles. The fourth-order valence-electron chi connectivity index (χ4n) is 1.82. The Hall–Kier alpha value is -2.20. The first-order chi connectivity index (χ1) is 10.5. The van der Waals surface area contributed by atoms with Gasteiger partial charge >= 0.3 is 12.1 Å². The van der Waals surface area contributed by atoms with Crippen LogP contribution in [0.4, 0.5) is 13.2 Å². The maximum atomic E-state index is 12.7. The van der Waals surface area contributed by atoms with Gasteiger partial charge in [0.15, 0.2) is 0 Å². The van der Waals surface area contributed by atoms with Crippen LogP contribution in [0.25, 0.3) is 11.6 Å². The monoisotopic (exact) mass is 324 g/mol. The zero-order valence-electron chi connectivity index (χ0n) is 11.6. The van der Waals surface area contributed by atoms with Crippen molar-refractivity contribution in [3.05, 3.63) is 76.8 Å². The Kier molecular flexibility index (Phi) is 5.28. The SMILES string of the molecule is C/C(=C\c1ccc(OC(F)=C(F)F)cc1)c1ccc(Cl)cc1. The van der Waals surface area contributed by atoms with Crippen molar-refractivity contribution >= 4 is 23.3 Å². The first kappa shape index (κ1) is 16.2. The Labute approximate surface area is 131 Å². The summed E-state index contributed by atoms with van der Waals surface area (Å²) in [5.41, 5.74) is 2.86. The lowest BCUT2D eigenvalue weighted by Crippen LogP contribution is -1.90. The zero-order valence-corrected chi connectivity index (χ0v) is 12.4. The standard InChI is InChI=1S/C17H12ClF3O/c1-11(13-4-6-14(18)7-5-13)10-12-2-8-15(9-3-12)22-17(21)16(19)20/h2-10H,1H3/b11-10+. The van der Waals surface area contributed by atoms with E-state index >= 15 is 0 Å². The highest BCUT2D eigenvalue weighted by atomic mass is 35.5. The molecule has 2 rings (SSSR count). The first-order valence-electron chi connectivity index (χ1n) is 6.38. The average molecular weight is 325 g/mol. The molecule has 2 aromatic rings. The summed E-state index contributed by atoms with van der Waals surface area (Å²) in [7, 11) is 0. The molecule has 0 heterocycles. The molecule has 0 saturated carbocycles. The summed E-state index contributed by atoms with van der Waals surface area (Å²) in [5.74, 6) is 0.00611. The van der Waals surface area contributed by atoms with Crippen molar-refractivity contribution in [1.29, 1.82) is 0 Å². The summed E-state index contributed by atoms with van der Waals surface area (Å²) in [6, 6.07) is 11.6. The second-order valence-electron chi connectivity index (χ2n) is 4.54.